The number of nitrogens with two attached hydrogens (primary N) is 2. The van der Waals surface area contributed by atoms with E-state index in [0.29, 0.717) is 12.8 Å². The summed E-state index contributed by atoms with van der Waals surface area (Å²) in [6, 6.07) is 18.9. The van der Waals surface area contributed by atoms with Gasteiger partial charge >= 0.3 is 0 Å². The highest BCUT2D eigenvalue weighted by molar-refractivity contribution is 7.59. The van der Waals surface area contributed by atoms with Gasteiger partial charge in [-0.15, -0.1) is 12.4 Å². The van der Waals surface area contributed by atoms with Gasteiger partial charge in [0.1, 0.15) is 0 Å². The first-order valence-corrected chi connectivity index (χ1v) is 8.71. The van der Waals surface area contributed by atoms with Crippen molar-refractivity contribution in [2.75, 3.05) is 0 Å². The van der Waals surface area contributed by atoms with Gasteiger partial charge in [0, 0.05) is 0 Å². The molecule has 2 rings (SSSR count). The summed E-state index contributed by atoms with van der Waals surface area (Å²) >= 11 is 0. The van der Waals surface area contributed by atoms with Gasteiger partial charge in [0.15, 0.2) is 0 Å². The molecule has 0 spiro atoms. The van der Waals surface area contributed by atoms with E-state index in [1.807, 2.05) is 60.7 Å². The topological polar surface area (TPSA) is 89.3 Å². The minimum absolute atomic E-state index is 0. The molecule has 120 valence electrons. The van der Waals surface area contributed by atoms with Crippen LogP contribution in [-0.4, -0.2) is 16.5 Å². The number of halogens is 1. The van der Waals surface area contributed by atoms with Gasteiger partial charge in [-0.25, -0.2) is 0 Å². The summed E-state index contributed by atoms with van der Waals surface area (Å²) in [5.74, 6) is -1.70. The molecule has 22 heavy (non-hydrogen) atoms. The Morgan fingerprint density at radius 1 is 0.818 bits per heavy atom. The summed E-state index contributed by atoms with van der Waals surface area (Å²) < 4.78 is 12.5. The average Bonchev–Trinajstić information content (AvgIpc) is 2.49. The molecule has 4 nitrogen and oxygen atoms in total. The van der Waals surface area contributed by atoms with Crippen LogP contribution in [0.15, 0.2) is 60.7 Å². The lowest BCUT2D eigenvalue weighted by atomic mass is 10.1. The Labute approximate surface area is 137 Å². The molecule has 0 bridgehead atoms. The molecule has 0 fully saturated rings. The molecule has 0 amide bonds. The first kappa shape index (κ1) is 18.9. The van der Waals surface area contributed by atoms with Crippen LogP contribution in [0.25, 0.3) is 0 Å². The third-order valence-electron chi connectivity index (χ3n) is 3.53. The van der Waals surface area contributed by atoms with Crippen molar-refractivity contribution in [1.29, 1.82) is 0 Å². The number of hydrogen-bond acceptors (Lipinski definition) is 3. The van der Waals surface area contributed by atoms with Gasteiger partial charge in [0.05, 0.1) is 11.6 Å². The molecule has 2 aromatic carbocycles. The number of benzene rings is 2. The van der Waals surface area contributed by atoms with Crippen LogP contribution in [0.4, 0.5) is 0 Å². The van der Waals surface area contributed by atoms with Crippen LogP contribution in [0.3, 0.4) is 0 Å². The van der Waals surface area contributed by atoms with Crippen LogP contribution in [0.5, 0.6) is 0 Å². The molecular weight excluding hydrogens is 319 g/mol. The van der Waals surface area contributed by atoms with Crippen LogP contribution in [-0.2, 0) is 17.4 Å². The Kier molecular flexibility index (Phi) is 7.27. The summed E-state index contributed by atoms with van der Waals surface area (Å²) in [5.41, 5.74) is 13.8. The number of rotatable bonds is 6. The lowest BCUT2D eigenvalue weighted by molar-refractivity contribution is 0.446. The summed E-state index contributed by atoms with van der Waals surface area (Å²) in [6.45, 7) is 0. The van der Waals surface area contributed by atoms with E-state index in [0.717, 1.165) is 11.1 Å². The Bertz CT molecular complexity index is 559. The SMILES string of the molecule is Cl.N[C@H](Cc1ccccc1)P(=O)(O)[C@@H](N)Cc1ccccc1. The maximum Gasteiger partial charge on any atom is 0.233 e. The largest absolute Gasteiger partial charge is 0.342 e. The molecule has 0 radical (unpaired) electrons. The molecule has 0 aromatic heterocycles. The first-order valence-electron chi connectivity index (χ1n) is 6.91. The van der Waals surface area contributed by atoms with Crippen molar-refractivity contribution in [3.8, 4) is 0 Å². The normalized spacial score (nSPS) is 16.1. The maximum atomic E-state index is 12.5. The Morgan fingerprint density at radius 2 is 1.14 bits per heavy atom. The van der Waals surface area contributed by atoms with Crippen LogP contribution < -0.4 is 11.5 Å². The molecule has 6 heteroatoms. The highest BCUT2D eigenvalue weighted by Gasteiger charge is 2.34. The van der Waals surface area contributed by atoms with Crippen molar-refractivity contribution in [3.63, 3.8) is 0 Å². The fourth-order valence-corrected chi connectivity index (χ4v) is 3.66. The lowest BCUT2D eigenvalue weighted by Gasteiger charge is -2.25. The van der Waals surface area contributed by atoms with Gasteiger partial charge in [-0.1, -0.05) is 60.7 Å². The summed E-state index contributed by atoms with van der Waals surface area (Å²) in [6.07, 6.45) is 0.689. The molecule has 0 saturated heterocycles. The third-order valence-corrected chi connectivity index (χ3v) is 5.79. The van der Waals surface area contributed by atoms with Gasteiger partial charge in [-0.2, -0.15) is 0 Å². The standard InChI is InChI=1S/C16H21N2O2P.ClH/c17-15(11-13-7-3-1-4-8-13)21(19,20)16(18)12-14-9-5-2-6-10-14;/h1-10,15-16H,11-12,17-18H2,(H,19,20);1H/t15-,16+;. The van der Waals surface area contributed by atoms with E-state index in [2.05, 4.69) is 0 Å². The zero-order valence-electron chi connectivity index (χ0n) is 12.2. The molecular formula is C16H22ClN2O2P. The molecule has 0 aliphatic rings. The van der Waals surface area contributed by atoms with Crippen LogP contribution in [0.1, 0.15) is 11.1 Å². The van der Waals surface area contributed by atoms with E-state index in [9.17, 15) is 9.46 Å². The lowest BCUT2D eigenvalue weighted by Crippen LogP contribution is -2.34. The molecule has 3 atom stereocenters. The van der Waals surface area contributed by atoms with Crippen molar-refractivity contribution in [2.45, 2.75) is 24.4 Å². The molecule has 0 heterocycles. The van der Waals surface area contributed by atoms with E-state index in [4.69, 9.17) is 11.5 Å². The minimum Gasteiger partial charge on any atom is -0.342 e. The summed E-state index contributed by atoms with van der Waals surface area (Å²) in [7, 11) is -3.65. The predicted molar refractivity (Wildman–Crippen MR) is 93.3 cm³/mol. The van der Waals surface area contributed by atoms with Crippen LogP contribution in [0, 0.1) is 0 Å². The highest BCUT2D eigenvalue weighted by atomic mass is 35.5. The van der Waals surface area contributed by atoms with Gasteiger partial charge in [0.25, 0.3) is 0 Å². The van der Waals surface area contributed by atoms with Gasteiger partial charge in [-0.05, 0) is 24.0 Å². The van der Waals surface area contributed by atoms with Crippen molar-refractivity contribution < 1.29 is 9.46 Å². The van der Waals surface area contributed by atoms with Gasteiger partial charge < -0.3 is 16.4 Å². The Morgan fingerprint density at radius 3 is 1.45 bits per heavy atom. The third kappa shape index (κ3) is 4.94. The molecule has 2 aromatic rings. The van der Waals surface area contributed by atoms with Crippen molar-refractivity contribution >= 4 is 19.8 Å². The van der Waals surface area contributed by atoms with Crippen molar-refractivity contribution in [1.82, 2.24) is 0 Å². The van der Waals surface area contributed by atoms with Crippen LogP contribution in [0.2, 0.25) is 0 Å². The van der Waals surface area contributed by atoms with Gasteiger partial charge in [-0.3, -0.25) is 4.57 Å². The molecule has 0 saturated carbocycles. The molecule has 0 aliphatic heterocycles. The second-order valence-electron chi connectivity index (χ2n) is 5.19. The van der Waals surface area contributed by atoms with Crippen LogP contribution >= 0.6 is 19.8 Å². The second-order valence-corrected chi connectivity index (χ2v) is 7.86. The van der Waals surface area contributed by atoms with Gasteiger partial charge in [0.2, 0.25) is 7.37 Å². The second kappa shape index (κ2) is 8.47. The first-order chi connectivity index (χ1) is 10.00. The fourth-order valence-electron chi connectivity index (χ4n) is 2.22. The average molecular weight is 341 g/mol. The van der Waals surface area contributed by atoms with E-state index in [1.165, 1.54) is 0 Å². The Hall–Kier alpha value is -1.16. The monoisotopic (exact) mass is 340 g/mol. The van der Waals surface area contributed by atoms with Crippen molar-refractivity contribution in [2.24, 2.45) is 11.5 Å². The number of hydrogen-bond donors (Lipinski definition) is 3. The summed E-state index contributed by atoms with van der Waals surface area (Å²) in [5, 5.41) is 0. The fraction of sp³-hybridized carbons (Fsp3) is 0.250. The predicted octanol–water partition coefficient (Wildman–Crippen LogP) is 2.73. The van der Waals surface area contributed by atoms with E-state index < -0.39 is 18.9 Å². The zero-order valence-corrected chi connectivity index (χ0v) is 13.9. The smallest absolute Gasteiger partial charge is 0.233 e. The Balaban J connectivity index is 0.00000242. The quantitative estimate of drug-likeness (QED) is 0.705. The minimum atomic E-state index is -3.65. The van der Waals surface area contributed by atoms with E-state index >= 15 is 0 Å². The zero-order chi connectivity index (χ0) is 15.3. The van der Waals surface area contributed by atoms with E-state index in [1.54, 1.807) is 0 Å². The molecule has 5 N–H and O–H groups in total. The van der Waals surface area contributed by atoms with E-state index in [-0.39, 0.29) is 12.4 Å². The molecule has 1 unspecified atom stereocenters. The summed E-state index contributed by atoms with van der Waals surface area (Å²) in [4.78, 5) is 10.3. The highest BCUT2D eigenvalue weighted by Crippen LogP contribution is 2.49. The van der Waals surface area contributed by atoms with Crippen molar-refractivity contribution in [3.05, 3.63) is 71.8 Å². The molecule has 0 aliphatic carbocycles. The maximum absolute atomic E-state index is 12.5.